The molecule has 110 valence electrons. The van der Waals surface area contributed by atoms with Crippen molar-refractivity contribution < 1.29 is 18.8 Å². The topological polar surface area (TPSA) is 69.4 Å². The van der Waals surface area contributed by atoms with Gasteiger partial charge in [0.15, 0.2) is 5.78 Å². The molecule has 5 nitrogen and oxygen atoms in total. The van der Waals surface area contributed by atoms with Crippen LogP contribution in [0.3, 0.4) is 0 Å². The number of rotatable bonds is 4. The van der Waals surface area contributed by atoms with E-state index in [1.165, 1.54) is 13.0 Å². The zero-order chi connectivity index (χ0) is 15.7. The summed E-state index contributed by atoms with van der Waals surface area (Å²) in [5.74, 6) is -1.02. The summed E-state index contributed by atoms with van der Waals surface area (Å²) in [7, 11) is 0. The van der Waals surface area contributed by atoms with Crippen molar-refractivity contribution in [3.05, 3.63) is 48.5 Å². The van der Waals surface area contributed by atoms with Crippen LogP contribution in [0.4, 0.5) is 10.1 Å². The number of nitro groups is 1. The molecule has 0 fully saturated rings. The summed E-state index contributed by atoms with van der Waals surface area (Å²) in [4.78, 5) is 21.8. The summed E-state index contributed by atoms with van der Waals surface area (Å²) >= 11 is 9.55. The molecule has 0 spiro atoms. The van der Waals surface area contributed by atoms with Gasteiger partial charge >= 0.3 is 5.69 Å². The Morgan fingerprint density at radius 1 is 1.48 bits per heavy atom. The minimum atomic E-state index is -0.721. The largest absolute Gasteiger partial charge is 0.439 e. The molecule has 2 aromatic rings. The number of nitrogens with zero attached hydrogens (tertiary/aromatic N) is 1. The molecule has 1 aromatic heterocycles. The van der Waals surface area contributed by atoms with E-state index in [0.717, 1.165) is 23.5 Å². The van der Waals surface area contributed by atoms with Crippen LogP contribution in [0.15, 0.2) is 22.7 Å². The second kappa shape index (κ2) is 6.08. The molecule has 0 amide bonds. The zero-order valence-electron chi connectivity index (χ0n) is 10.4. The quantitative estimate of drug-likeness (QED) is 0.309. The molecular formula is C12H6BrClFNO4S. The summed E-state index contributed by atoms with van der Waals surface area (Å²) < 4.78 is 19.1. The minimum absolute atomic E-state index is 0.0250. The maximum atomic E-state index is 13.4. The molecule has 0 N–H and O–H groups in total. The molecule has 9 heteroatoms. The Balaban J connectivity index is 2.46. The molecule has 0 saturated carbocycles. The molecule has 0 saturated heterocycles. The molecule has 0 unspecified atom stereocenters. The SMILES string of the molecule is CC(=O)c1cc([N+](=O)[O-])c(Oc2cc(F)c(Cl)cc2Br)s1. The number of ether oxygens (including phenoxy) is 1. The highest BCUT2D eigenvalue weighted by Gasteiger charge is 2.24. The first-order valence-electron chi connectivity index (χ1n) is 5.41. The Morgan fingerprint density at radius 3 is 2.71 bits per heavy atom. The summed E-state index contributed by atoms with van der Waals surface area (Å²) in [6.45, 7) is 1.29. The number of halogens is 3. The predicted molar refractivity (Wildman–Crippen MR) is 80.2 cm³/mol. The van der Waals surface area contributed by atoms with Gasteiger partial charge in [-0.05, 0) is 28.9 Å². The smallest absolute Gasteiger partial charge is 0.323 e. The molecular weight excluding hydrogens is 389 g/mol. The van der Waals surface area contributed by atoms with Crippen molar-refractivity contribution in [2.45, 2.75) is 6.92 Å². The van der Waals surface area contributed by atoms with Crippen LogP contribution in [0.25, 0.3) is 0 Å². The third-order valence-electron chi connectivity index (χ3n) is 2.40. The highest BCUT2D eigenvalue weighted by atomic mass is 79.9. The Kier molecular flexibility index (Phi) is 4.60. The second-order valence-electron chi connectivity index (χ2n) is 3.90. The first kappa shape index (κ1) is 15.9. The van der Waals surface area contributed by atoms with E-state index >= 15 is 0 Å². The van der Waals surface area contributed by atoms with Crippen molar-refractivity contribution in [1.29, 1.82) is 0 Å². The highest BCUT2D eigenvalue weighted by Crippen LogP contribution is 2.42. The van der Waals surface area contributed by atoms with Crippen LogP contribution >= 0.6 is 38.9 Å². The Morgan fingerprint density at radius 2 is 2.14 bits per heavy atom. The number of hydrogen-bond acceptors (Lipinski definition) is 5. The third-order valence-corrected chi connectivity index (χ3v) is 4.41. The number of hydrogen-bond donors (Lipinski definition) is 0. The van der Waals surface area contributed by atoms with Crippen LogP contribution in [0, 0.1) is 15.9 Å². The normalized spacial score (nSPS) is 10.5. The maximum Gasteiger partial charge on any atom is 0.323 e. The molecule has 2 rings (SSSR count). The van der Waals surface area contributed by atoms with Crippen molar-refractivity contribution in [2.75, 3.05) is 0 Å². The van der Waals surface area contributed by atoms with Crippen molar-refractivity contribution in [1.82, 2.24) is 0 Å². The van der Waals surface area contributed by atoms with E-state index in [2.05, 4.69) is 15.9 Å². The summed E-state index contributed by atoms with van der Waals surface area (Å²) in [6.07, 6.45) is 0. The van der Waals surface area contributed by atoms with Crippen LogP contribution in [0.2, 0.25) is 5.02 Å². The van der Waals surface area contributed by atoms with Gasteiger partial charge in [-0.25, -0.2) is 4.39 Å². The van der Waals surface area contributed by atoms with Crippen LogP contribution < -0.4 is 4.74 Å². The average molecular weight is 395 g/mol. The summed E-state index contributed by atoms with van der Waals surface area (Å²) in [5, 5.41) is 10.8. The van der Waals surface area contributed by atoms with Gasteiger partial charge in [0.1, 0.15) is 11.6 Å². The minimum Gasteiger partial charge on any atom is -0.439 e. The van der Waals surface area contributed by atoms with Crippen molar-refractivity contribution in [3.8, 4) is 10.8 Å². The van der Waals surface area contributed by atoms with Gasteiger partial charge in [0, 0.05) is 12.1 Å². The van der Waals surface area contributed by atoms with E-state index in [0.29, 0.717) is 4.47 Å². The molecule has 0 aliphatic heterocycles. The van der Waals surface area contributed by atoms with Crippen molar-refractivity contribution in [2.24, 2.45) is 0 Å². The van der Waals surface area contributed by atoms with Crippen LogP contribution in [0.5, 0.6) is 10.8 Å². The van der Waals surface area contributed by atoms with Gasteiger partial charge in [0.25, 0.3) is 5.06 Å². The molecule has 1 aromatic carbocycles. The van der Waals surface area contributed by atoms with E-state index in [1.807, 2.05) is 0 Å². The Hall–Kier alpha value is -1.51. The van der Waals surface area contributed by atoms with E-state index < -0.39 is 10.7 Å². The molecule has 0 atom stereocenters. The van der Waals surface area contributed by atoms with Gasteiger partial charge in [-0.15, -0.1) is 0 Å². The van der Waals surface area contributed by atoms with E-state index in [-0.39, 0.29) is 32.2 Å². The lowest BCUT2D eigenvalue weighted by molar-refractivity contribution is -0.385. The fourth-order valence-electron chi connectivity index (χ4n) is 1.42. The lowest BCUT2D eigenvalue weighted by Gasteiger charge is -2.06. The van der Waals surface area contributed by atoms with Gasteiger partial charge in [-0.1, -0.05) is 22.9 Å². The van der Waals surface area contributed by atoms with Gasteiger partial charge in [-0.3, -0.25) is 14.9 Å². The fraction of sp³-hybridized carbons (Fsp3) is 0.0833. The number of carbonyl (C=O) groups is 1. The average Bonchev–Trinajstić information content (AvgIpc) is 2.80. The third kappa shape index (κ3) is 3.39. The lowest BCUT2D eigenvalue weighted by atomic mass is 10.3. The first-order chi connectivity index (χ1) is 9.79. The standard InChI is InChI=1S/C12H6BrClFNO4S/c1-5(17)11-4-9(16(18)19)12(21-11)20-10-3-8(15)7(14)2-6(10)13/h2-4H,1H3. The summed E-state index contributed by atoms with van der Waals surface area (Å²) in [6, 6.07) is 3.41. The van der Waals surface area contributed by atoms with Gasteiger partial charge in [-0.2, -0.15) is 0 Å². The number of Topliss-reactive ketones (excluding diaryl/α,β-unsaturated/α-hetero) is 1. The van der Waals surface area contributed by atoms with Gasteiger partial charge < -0.3 is 4.74 Å². The van der Waals surface area contributed by atoms with E-state index in [4.69, 9.17) is 16.3 Å². The zero-order valence-corrected chi connectivity index (χ0v) is 13.5. The Bertz CT molecular complexity index is 749. The molecule has 0 radical (unpaired) electrons. The molecule has 0 aliphatic carbocycles. The van der Waals surface area contributed by atoms with Crippen molar-refractivity contribution in [3.63, 3.8) is 0 Å². The summed E-state index contributed by atoms with van der Waals surface area (Å²) in [5.41, 5.74) is -0.354. The maximum absolute atomic E-state index is 13.4. The molecule has 21 heavy (non-hydrogen) atoms. The van der Waals surface area contributed by atoms with Gasteiger partial charge in [0.05, 0.1) is 19.3 Å². The second-order valence-corrected chi connectivity index (χ2v) is 6.17. The number of thiophene rings is 1. The van der Waals surface area contributed by atoms with Crippen LogP contribution in [-0.2, 0) is 0 Å². The van der Waals surface area contributed by atoms with Crippen molar-refractivity contribution >= 4 is 50.3 Å². The Labute approximate surface area is 135 Å². The fourth-order valence-corrected chi connectivity index (χ4v) is 3.02. The molecule has 1 heterocycles. The number of carbonyl (C=O) groups excluding carboxylic acids is 1. The lowest BCUT2D eigenvalue weighted by Crippen LogP contribution is -1.91. The van der Waals surface area contributed by atoms with E-state index in [1.54, 1.807) is 0 Å². The highest BCUT2D eigenvalue weighted by molar-refractivity contribution is 9.10. The van der Waals surface area contributed by atoms with E-state index in [9.17, 15) is 19.3 Å². The number of ketones is 1. The molecule has 0 aliphatic rings. The number of benzene rings is 1. The monoisotopic (exact) mass is 393 g/mol. The predicted octanol–water partition coefficient (Wildman–Crippen LogP) is 5.21. The molecule has 0 bridgehead atoms. The van der Waals surface area contributed by atoms with Crippen LogP contribution in [-0.4, -0.2) is 10.7 Å². The van der Waals surface area contributed by atoms with Gasteiger partial charge in [0.2, 0.25) is 0 Å². The first-order valence-corrected chi connectivity index (χ1v) is 7.40. The van der Waals surface area contributed by atoms with Crippen LogP contribution in [0.1, 0.15) is 16.6 Å².